The van der Waals surface area contributed by atoms with Crippen LogP contribution in [0, 0.1) is 5.41 Å². The van der Waals surface area contributed by atoms with Crippen LogP contribution in [-0.4, -0.2) is 17.6 Å². The van der Waals surface area contributed by atoms with Crippen molar-refractivity contribution >= 4 is 10.9 Å². The first-order chi connectivity index (χ1) is 9.48. The molecule has 0 amide bonds. The Hall–Kier alpha value is -1.41. The van der Waals surface area contributed by atoms with E-state index in [-0.39, 0.29) is 0 Å². The van der Waals surface area contributed by atoms with E-state index < -0.39 is 0 Å². The van der Waals surface area contributed by atoms with Crippen LogP contribution in [0.5, 0.6) is 0 Å². The standard InChI is InChI=1S/C18H26N2/c1-14(2)19-12-10-18(3,4)13-15-9-11-20-17-8-6-5-7-16(15)17/h5-9,11,14,19H,10,12-13H2,1-4H3. The van der Waals surface area contributed by atoms with Crippen LogP contribution in [0.15, 0.2) is 36.5 Å². The van der Waals surface area contributed by atoms with Gasteiger partial charge in [0.25, 0.3) is 0 Å². The van der Waals surface area contributed by atoms with Gasteiger partial charge >= 0.3 is 0 Å². The van der Waals surface area contributed by atoms with Crippen LogP contribution in [0.3, 0.4) is 0 Å². The van der Waals surface area contributed by atoms with Crippen molar-refractivity contribution in [3.05, 3.63) is 42.1 Å². The third kappa shape index (κ3) is 4.04. The van der Waals surface area contributed by atoms with Gasteiger partial charge in [-0.2, -0.15) is 0 Å². The molecule has 108 valence electrons. The first kappa shape index (κ1) is 15.0. The molecule has 1 N–H and O–H groups in total. The van der Waals surface area contributed by atoms with Crippen molar-refractivity contribution in [1.29, 1.82) is 0 Å². The number of pyridine rings is 1. The molecule has 1 heterocycles. The van der Waals surface area contributed by atoms with E-state index in [9.17, 15) is 0 Å². The summed E-state index contributed by atoms with van der Waals surface area (Å²) >= 11 is 0. The molecule has 0 atom stereocenters. The highest BCUT2D eigenvalue weighted by molar-refractivity contribution is 5.81. The zero-order valence-corrected chi connectivity index (χ0v) is 13.1. The van der Waals surface area contributed by atoms with Crippen LogP contribution < -0.4 is 5.32 Å². The van der Waals surface area contributed by atoms with E-state index in [0.29, 0.717) is 11.5 Å². The van der Waals surface area contributed by atoms with Crippen LogP contribution >= 0.6 is 0 Å². The van der Waals surface area contributed by atoms with Gasteiger partial charge in [0.2, 0.25) is 0 Å². The molecule has 1 aromatic heterocycles. The van der Waals surface area contributed by atoms with Crippen molar-refractivity contribution in [2.45, 2.75) is 46.6 Å². The van der Waals surface area contributed by atoms with Gasteiger partial charge in [-0.15, -0.1) is 0 Å². The molecule has 0 radical (unpaired) electrons. The summed E-state index contributed by atoms with van der Waals surface area (Å²) in [4.78, 5) is 4.44. The first-order valence-corrected chi connectivity index (χ1v) is 7.54. The lowest BCUT2D eigenvalue weighted by Crippen LogP contribution is -2.28. The van der Waals surface area contributed by atoms with E-state index in [1.54, 1.807) is 0 Å². The van der Waals surface area contributed by atoms with Crippen LogP contribution in [0.2, 0.25) is 0 Å². The zero-order valence-electron chi connectivity index (χ0n) is 13.1. The monoisotopic (exact) mass is 270 g/mol. The van der Waals surface area contributed by atoms with Crippen molar-refractivity contribution in [3.8, 4) is 0 Å². The Morgan fingerprint density at radius 1 is 1.15 bits per heavy atom. The second-order valence-corrected chi connectivity index (χ2v) is 6.69. The van der Waals surface area contributed by atoms with Gasteiger partial charge in [0.15, 0.2) is 0 Å². The highest BCUT2D eigenvalue weighted by Crippen LogP contribution is 2.28. The van der Waals surface area contributed by atoms with Gasteiger partial charge < -0.3 is 5.32 Å². The van der Waals surface area contributed by atoms with Crippen LogP contribution in [0.4, 0.5) is 0 Å². The molecular weight excluding hydrogens is 244 g/mol. The number of para-hydroxylation sites is 1. The second-order valence-electron chi connectivity index (χ2n) is 6.69. The Bertz CT molecular complexity index is 553. The molecule has 0 spiro atoms. The molecule has 20 heavy (non-hydrogen) atoms. The summed E-state index contributed by atoms with van der Waals surface area (Å²) in [6.07, 6.45) is 4.21. The Labute approximate surface area is 122 Å². The SMILES string of the molecule is CC(C)NCCC(C)(C)Cc1ccnc2ccccc12. The van der Waals surface area contributed by atoms with E-state index in [1.807, 2.05) is 6.20 Å². The maximum atomic E-state index is 4.44. The number of hydrogen-bond donors (Lipinski definition) is 1. The Morgan fingerprint density at radius 2 is 1.90 bits per heavy atom. The van der Waals surface area contributed by atoms with E-state index in [2.05, 4.69) is 68.3 Å². The number of rotatable bonds is 6. The molecule has 0 aliphatic rings. The molecule has 0 unspecified atom stereocenters. The van der Waals surface area contributed by atoms with Crippen molar-refractivity contribution in [2.75, 3.05) is 6.54 Å². The fraction of sp³-hybridized carbons (Fsp3) is 0.500. The summed E-state index contributed by atoms with van der Waals surface area (Å²) in [6.45, 7) is 10.2. The summed E-state index contributed by atoms with van der Waals surface area (Å²) in [6, 6.07) is 11.1. The lowest BCUT2D eigenvalue weighted by molar-refractivity contribution is 0.321. The largest absolute Gasteiger partial charge is 0.315 e. The third-order valence-electron chi connectivity index (χ3n) is 3.76. The van der Waals surface area contributed by atoms with Gasteiger partial charge in [-0.3, -0.25) is 4.98 Å². The average molecular weight is 270 g/mol. The van der Waals surface area contributed by atoms with E-state index in [4.69, 9.17) is 0 Å². The molecule has 2 heteroatoms. The smallest absolute Gasteiger partial charge is 0.0704 e. The van der Waals surface area contributed by atoms with E-state index in [0.717, 1.165) is 18.5 Å². The molecular formula is C18H26N2. The summed E-state index contributed by atoms with van der Waals surface area (Å²) in [5, 5.41) is 4.80. The molecule has 0 aliphatic carbocycles. The van der Waals surface area contributed by atoms with Gasteiger partial charge in [-0.05, 0) is 42.5 Å². The number of nitrogens with one attached hydrogen (secondary N) is 1. The third-order valence-corrected chi connectivity index (χ3v) is 3.76. The summed E-state index contributed by atoms with van der Waals surface area (Å²) in [7, 11) is 0. The lowest BCUT2D eigenvalue weighted by atomic mass is 9.82. The lowest BCUT2D eigenvalue weighted by Gasteiger charge is -2.26. The summed E-state index contributed by atoms with van der Waals surface area (Å²) < 4.78 is 0. The molecule has 2 rings (SSSR count). The first-order valence-electron chi connectivity index (χ1n) is 7.54. The molecule has 0 fully saturated rings. The normalized spacial score (nSPS) is 12.2. The number of aromatic nitrogens is 1. The molecule has 0 bridgehead atoms. The number of fused-ring (bicyclic) bond motifs is 1. The molecule has 2 nitrogen and oxygen atoms in total. The maximum absolute atomic E-state index is 4.44. The Morgan fingerprint density at radius 3 is 2.65 bits per heavy atom. The van der Waals surface area contributed by atoms with Crippen LogP contribution in [-0.2, 0) is 6.42 Å². The second kappa shape index (κ2) is 6.36. The maximum Gasteiger partial charge on any atom is 0.0704 e. The number of nitrogens with zero attached hydrogens (tertiary/aromatic N) is 1. The minimum Gasteiger partial charge on any atom is -0.315 e. The van der Waals surface area contributed by atoms with Crippen LogP contribution in [0.1, 0.15) is 39.7 Å². The van der Waals surface area contributed by atoms with Crippen molar-refractivity contribution in [1.82, 2.24) is 10.3 Å². The number of hydrogen-bond acceptors (Lipinski definition) is 2. The number of benzene rings is 1. The van der Waals surface area contributed by atoms with E-state index in [1.165, 1.54) is 17.4 Å². The highest BCUT2D eigenvalue weighted by atomic mass is 14.9. The van der Waals surface area contributed by atoms with E-state index >= 15 is 0 Å². The van der Waals surface area contributed by atoms with Crippen molar-refractivity contribution in [2.24, 2.45) is 5.41 Å². The van der Waals surface area contributed by atoms with Gasteiger partial charge in [0, 0.05) is 17.6 Å². The zero-order chi connectivity index (χ0) is 14.6. The molecule has 0 saturated carbocycles. The quantitative estimate of drug-likeness (QED) is 0.851. The molecule has 1 aromatic carbocycles. The predicted molar refractivity (Wildman–Crippen MR) is 87.0 cm³/mol. The van der Waals surface area contributed by atoms with Gasteiger partial charge in [0.05, 0.1) is 5.52 Å². The molecule has 0 saturated heterocycles. The summed E-state index contributed by atoms with van der Waals surface area (Å²) in [5.74, 6) is 0. The molecule has 2 aromatic rings. The summed E-state index contributed by atoms with van der Waals surface area (Å²) in [5.41, 5.74) is 2.80. The fourth-order valence-electron chi connectivity index (χ4n) is 2.61. The highest BCUT2D eigenvalue weighted by Gasteiger charge is 2.19. The predicted octanol–water partition coefficient (Wildman–Crippen LogP) is 4.19. The minimum atomic E-state index is 0.298. The van der Waals surface area contributed by atoms with Gasteiger partial charge in [-0.25, -0.2) is 0 Å². The Kier molecular flexibility index (Phi) is 4.77. The van der Waals surface area contributed by atoms with Crippen molar-refractivity contribution in [3.63, 3.8) is 0 Å². The fourth-order valence-corrected chi connectivity index (χ4v) is 2.61. The van der Waals surface area contributed by atoms with Gasteiger partial charge in [-0.1, -0.05) is 45.9 Å². The van der Waals surface area contributed by atoms with Gasteiger partial charge in [0.1, 0.15) is 0 Å². The topological polar surface area (TPSA) is 24.9 Å². The molecule has 0 aliphatic heterocycles. The minimum absolute atomic E-state index is 0.298. The average Bonchev–Trinajstić information content (AvgIpc) is 2.38. The van der Waals surface area contributed by atoms with Crippen LogP contribution in [0.25, 0.3) is 10.9 Å². The Balaban J connectivity index is 2.10. The van der Waals surface area contributed by atoms with Crippen molar-refractivity contribution < 1.29 is 0 Å².